The number of carbonyl (C=O) groups is 2. The molecule has 1 fully saturated rings. The summed E-state index contributed by atoms with van der Waals surface area (Å²) in [5, 5.41) is 0. The van der Waals surface area contributed by atoms with Crippen molar-refractivity contribution in [1.29, 1.82) is 0 Å². The summed E-state index contributed by atoms with van der Waals surface area (Å²) in [5.74, 6) is -2.69. The van der Waals surface area contributed by atoms with Crippen LogP contribution < -0.4 is 0 Å². The lowest BCUT2D eigenvalue weighted by atomic mass is 9.96. The molecule has 0 aliphatic carbocycles. The average Bonchev–Trinajstić information content (AvgIpc) is 2.41. The fourth-order valence-corrected chi connectivity index (χ4v) is 2.64. The van der Waals surface area contributed by atoms with Gasteiger partial charge in [0.25, 0.3) is 5.91 Å². The van der Waals surface area contributed by atoms with Crippen molar-refractivity contribution < 1.29 is 18.4 Å². The SMILES string of the molecule is CC(=O)CC1CCCCN1C(=O)c1cccc(F)c1F. The maximum absolute atomic E-state index is 13.7. The molecule has 0 saturated carbocycles. The second-order valence-corrected chi connectivity index (χ2v) is 5.16. The summed E-state index contributed by atoms with van der Waals surface area (Å²) in [6, 6.07) is 3.36. The van der Waals surface area contributed by atoms with E-state index in [0.29, 0.717) is 6.54 Å². The minimum atomic E-state index is -1.12. The molecule has 0 aromatic heterocycles. The lowest BCUT2D eigenvalue weighted by molar-refractivity contribution is -0.118. The van der Waals surface area contributed by atoms with Crippen LogP contribution in [0.1, 0.15) is 43.0 Å². The smallest absolute Gasteiger partial charge is 0.257 e. The highest BCUT2D eigenvalue weighted by Crippen LogP contribution is 2.23. The molecule has 1 aliphatic rings. The molecular weight excluding hydrogens is 264 g/mol. The Morgan fingerprint density at radius 3 is 2.75 bits per heavy atom. The molecule has 20 heavy (non-hydrogen) atoms. The van der Waals surface area contributed by atoms with Gasteiger partial charge in [0.05, 0.1) is 5.56 Å². The molecule has 1 unspecified atom stereocenters. The van der Waals surface area contributed by atoms with Gasteiger partial charge < -0.3 is 4.90 Å². The number of likely N-dealkylation sites (tertiary alicyclic amines) is 1. The standard InChI is InChI=1S/C15H17F2NO2/c1-10(19)9-11-5-2-3-8-18(11)15(20)12-6-4-7-13(16)14(12)17/h4,6-7,11H,2-3,5,8-9H2,1H3. The minimum Gasteiger partial charge on any atom is -0.335 e. The van der Waals surface area contributed by atoms with Crippen molar-refractivity contribution in [3.05, 3.63) is 35.4 Å². The van der Waals surface area contributed by atoms with Crippen LogP contribution in [0.4, 0.5) is 8.78 Å². The average molecular weight is 281 g/mol. The van der Waals surface area contributed by atoms with Gasteiger partial charge in [0, 0.05) is 19.0 Å². The number of benzene rings is 1. The highest BCUT2D eigenvalue weighted by molar-refractivity contribution is 5.95. The molecule has 5 heteroatoms. The molecule has 0 N–H and O–H groups in total. The first-order chi connectivity index (χ1) is 9.50. The summed E-state index contributed by atoms with van der Waals surface area (Å²) in [4.78, 5) is 25.1. The van der Waals surface area contributed by atoms with E-state index in [1.54, 1.807) is 0 Å². The quantitative estimate of drug-likeness (QED) is 0.854. The van der Waals surface area contributed by atoms with Gasteiger partial charge in [0.1, 0.15) is 5.78 Å². The number of rotatable bonds is 3. The predicted molar refractivity (Wildman–Crippen MR) is 70.3 cm³/mol. The highest BCUT2D eigenvalue weighted by atomic mass is 19.2. The molecule has 1 aromatic carbocycles. The maximum atomic E-state index is 13.7. The van der Waals surface area contributed by atoms with Crippen LogP contribution in [0.5, 0.6) is 0 Å². The third kappa shape index (κ3) is 3.03. The van der Waals surface area contributed by atoms with E-state index < -0.39 is 17.5 Å². The Balaban J connectivity index is 2.25. The van der Waals surface area contributed by atoms with Crippen LogP contribution in [-0.2, 0) is 4.79 Å². The van der Waals surface area contributed by atoms with Gasteiger partial charge in [-0.15, -0.1) is 0 Å². The van der Waals surface area contributed by atoms with Crippen LogP contribution in [-0.4, -0.2) is 29.2 Å². The number of halogens is 2. The van der Waals surface area contributed by atoms with Gasteiger partial charge in [-0.25, -0.2) is 8.78 Å². The number of Topliss-reactive ketones (excluding diaryl/α,β-unsaturated/α-hetero) is 1. The number of amides is 1. The topological polar surface area (TPSA) is 37.4 Å². The fraction of sp³-hybridized carbons (Fsp3) is 0.467. The van der Waals surface area contributed by atoms with E-state index in [4.69, 9.17) is 0 Å². The zero-order valence-corrected chi connectivity index (χ0v) is 11.4. The number of carbonyl (C=O) groups excluding carboxylic acids is 2. The molecule has 1 aliphatic heterocycles. The molecule has 0 spiro atoms. The number of hydrogen-bond acceptors (Lipinski definition) is 2. The summed E-state index contributed by atoms with van der Waals surface area (Å²) in [6.45, 7) is 1.95. The van der Waals surface area contributed by atoms with Crippen LogP contribution in [0.25, 0.3) is 0 Å². The van der Waals surface area contributed by atoms with Crippen molar-refractivity contribution in [2.45, 2.75) is 38.6 Å². The molecule has 3 nitrogen and oxygen atoms in total. The zero-order valence-electron chi connectivity index (χ0n) is 11.4. The van der Waals surface area contributed by atoms with E-state index in [-0.39, 0.29) is 23.8 Å². The normalized spacial score (nSPS) is 18.9. The fourth-order valence-electron chi connectivity index (χ4n) is 2.64. The van der Waals surface area contributed by atoms with E-state index in [1.165, 1.54) is 24.0 Å². The molecule has 0 bridgehead atoms. The molecule has 1 heterocycles. The first-order valence-corrected chi connectivity index (χ1v) is 6.75. The predicted octanol–water partition coefficient (Wildman–Crippen LogP) is 2.94. The van der Waals surface area contributed by atoms with Crippen molar-refractivity contribution in [2.75, 3.05) is 6.54 Å². The zero-order chi connectivity index (χ0) is 14.7. The summed E-state index contributed by atoms with van der Waals surface area (Å²) in [7, 11) is 0. The summed E-state index contributed by atoms with van der Waals surface area (Å²) in [5.41, 5.74) is -0.263. The molecule has 1 aromatic rings. The monoisotopic (exact) mass is 281 g/mol. The van der Waals surface area contributed by atoms with Crippen LogP contribution in [0.15, 0.2) is 18.2 Å². The molecule has 2 rings (SSSR count). The van der Waals surface area contributed by atoms with E-state index in [0.717, 1.165) is 25.3 Å². The van der Waals surface area contributed by atoms with Gasteiger partial charge >= 0.3 is 0 Å². The molecule has 1 saturated heterocycles. The summed E-state index contributed by atoms with van der Waals surface area (Å²) < 4.78 is 26.9. The molecule has 0 radical (unpaired) electrons. The summed E-state index contributed by atoms with van der Waals surface area (Å²) in [6.07, 6.45) is 2.75. The number of hydrogen-bond donors (Lipinski definition) is 0. The van der Waals surface area contributed by atoms with Crippen molar-refractivity contribution in [3.63, 3.8) is 0 Å². The largest absolute Gasteiger partial charge is 0.335 e. The van der Waals surface area contributed by atoms with Crippen molar-refractivity contribution in [3.8, 4) is 0 Å². The van der Waals surface area contributed by atoms with Crippen LogP contribution in [0.2, 0.25) is 0 Å². The van der Waals surface area contributed by atoms with E-state index in [2.05, 4.69) is 0 Å². The van der Waals surface area contributed by atoms with E-state index in [9.17, 15) is 18.4 Å². The number of piperidine rings is 1. The summed E-state index contributed by atoms with van der Waals surface area (Å²) >= 11 is 0. The van der Waals surface area contributed by atoms with Crippen LogP contribution >= 0.6 is 0 Å². The number of nitrogens with zero attached hydrogens (tertiary/aromatic N) is 1. The van der Waals surface area contributed by atoms with Gasteiger partial charge in [0.2, 0.25) is 0 Å². The first-order valence-electron chi connectivity index (χ1n) is 6.75. The van der Waals surface area contributed by atoms with Crippen LogP contribution in [0, 0.1) is 11.6 Å². The van der Waals surface area contributed by atoms with Gasteiger partial charge in [-0.05, 0) is 38.3 Å². The Labute approximate surface area is 116 Å². The molecule has 1 amide bonds. The Bertz CT molecular complexity index is 531. The third-order valence-electron chi connectivity index (χ3n) is 3.59. The maximum Gasteiger partial charge on any atom is 0.257 e. The Morgan fingerprint density at radius 1 is 1.30 bits per heavy atom. The third-order valence-corrected chi connectivity index (χ3v) is 3.59. The molecular formula is C15H17F2NO2. The number of ketones is 1. The molecule has 1 atom stereocenters. The lowest BCUT2D eigenvalue weighted by Crippen LogP contribution is -2.44. The van der Waals surface area contributed by atoms with Crippen LogP contribution in [0.3, 0.4) is 0 Å². The van der Waals surface area contributed by atoms with Gasteiger partial charge in [-0.3, -0.25) is 9.59 Å². The second kappa shape index (κ2) is 6.11. The van der Waals surface area contributed by atoms with Crippen molar-refractivity contribution >= 4 is 11.7 Å². The van der Waals surface area contributed by atoms with Crippen molar-refractivity contribution in [2.24, 2.45) is 0 Å². The van der Waals surface area contributed by atoms with E-state index >= 15 is 0 Å². The molecule has 108 valence electrons. The van der Waals surface area contributed by atoms with E-state index in [1.807, 2.05) is 0 Å². The highest BCUT2D eigenvalue weighted by Gasteiger charge is 2.30. The van der Waals surface area contributed by atoms with Gasteiger partial charge in [-0.2, -0.15) is 0 Å². The van der Waals surface area contributed by atoms with Crippen molar-refractivity contribution in [1.82, 2.24) is 4.90 Å². The first kappa shape index (κ1) is 14.6. The van der Waals surface area contributed by atoms with Gasteiger partial charge in [0.15, 0.2) is 11.6 Å². The minimum absolute atomic E-state index is 0.00517. The van der Waals surface area contributed by atoms with Gasteiger partial charge in [-0.1, -0.05) is 6.07 Å². The Kier molecular flexibility index (Phi) is 4.47. The Hall–Kier alpha value is -1.78. The lowest BCUT2D eigenvalue weighted by Gasteiger charge is -2.35. The Morgan fingerprint density at radius 2 is 2.05 bits per heavy atom. The second-order valence-electron chi connectivity index (χ2n) is 5.16.